The molecule has 1 heterocycles. The average Bonchev–Trinajstić information content (AvgIpc) is 2.89. The third-order valence-corrected chi connectivity index (χ3v) is 3.97. The summed E-state index contributed by atoms with van der Waals surface area (Å²) in [5.41, 5.74) is 0.930. The summed E-state index contributed by atoms with van der Waals surface area (Å²) in [6, 6.07) is 5.63. The highest BCUT2D eigenvalue weighted by Gasteiger charge is 2.10. The van der Waals surface area contributed by atoms with Crippen molar-refractivity contribution in [2.75, 3.05) is 13.1 Å². The number of hydrogen-bond acceptors (Lipinski definition) is 3. The molecule has 2 aromatic rings. The molecule has 0 amide bonds. The molecule has 0 aliphatic heterocycles. The van der Waals surface area contributed by atoms with E-state index in [0.717, 1.165) is 47.6 Å². The normalized spacial score (nSPS) is 11.3. The van der Waals surface area contributed by atoms with Crippen molar-refractivity contribution in [3.05, 3.63) is 39.8 Å². The van der Waals surface area contributed by atoms with Crippen LogP contribution in [0.15, 0.2) is 33.3 Å². The van der Waals surface area contributed by atoms with Gasteiger partial charge in [-0.1, -0.05) is 41.4 Å². The van der Waals surface area contributed by atoms with Crippen LogP contribution in [0.5, 0.6) is 0 Å². The predicted molar refractivity (Wildman–Crippen MR) is 90.7 cm³/mol. The Hall–Kier alpha value is -0.840. The number of rotatable bonds is 7. The molecule has 0 fully saturated rings. The molecular formula is C16H20BrClN2O. The summed E-state index contributed by atoms with van der Waals surface area (Å²) in [6.45, 7) is 6.44. The molecular weight excluding hydrogens is 352 g/mol. The number of hydrogen-bond donors (Lipinski definition) is 1. The Kier molecular flexibility index (Phi) is 6.27. The standard InChI is InChI=1S/C16H20BrClN2O/c1-11(2)9-19-7-3-4-16-20-10-15(21-16)13-8-12(18)5-6-14(13)17/h5-6,8,10-11,19H,3-4,7,9H2,1-2H3. The number of aromatic nitrogens is 1. The molecule has 2 rings (SSSR count). The van der Waals surface area contributed by atoms with Gasteiger partial charge >= 0.3 is 0 Å². The van der Waals surface area contributed by atoms with Gasteiger partial charge in [-0.2, -0.15) is 0 Å². The Morgan fingerprint density at radius 2 is 2.19 bits per heavy atom. The topological polar surface area (TPSA) is 38.1 Å². The van der Waals surface area contributed by atoms with Crippen molar-refractivity contribution >= 4 is 27.5 Å². The Bertz CT molecular complexity index is 583. The lowest BCUT2D eigenvalue weighted by atomic mass is 10.2. The maximum atomic E-state index is 6.03. The first-order valence-electron chi connectivity index (χ1n) is 7.17. The Morgan fingerprint density at radius 3 is 2.95 bits per heavy atom. The summed E-state index contributed by atoms with van der Waals surface area (Å²) in [5, 5.41) is 4.10. The highest BCUT2D eigenvalue weighted by atomic mass is 79.9. The minimum Gasteiger partial charge on any atom is -0.441 e. The molecule has 0 aliphatic carbocycles. The van der Waals surface area contributed by atoms with Crippen molar-refractivity contribution in [3.8, 4) is 11.3 Å². The van der Waals surface area contributed by atoms with Crippen molar-refractivity contribution in [2.45, 2.75) is 26.7 Å². The number of oxazole rings is 1. The third kappa shape index (κ3) is 5.13. The summed E-state index contributed by atoms with van der Waals surface area (Å²) in [5.74, 6) is 2.19. The van der Waals surface area contributed by atoms with Crippen LogP contribution < -0.4 is 5.32 Å². The molecule has 0 bridgehead atoms. The molecule has 114 valence electrons. The molecule has 0 saturated heterocycles. The maximum absolute atomic E-state index is 6.03. The van der Waals surface area contributed by atoms with Gasteiger partial charge in [0.05, 0.1) is 6.20 Å². The molecule has 0 atom stereocenters. The Morgan fingerprint density at radius 1 is 1.38 bits per heavy atom. The van der Waals surface area contributed by atoms with Gasteiger partial charge in [-0.25, -0.2) is 4.98 Å². The molecule has 0 spiro atoms. The van der Waals surface area contributed by atoms with Crippen molar-refractivity contribution in [1.29, 1.82) is 0 Å². The van der Waals surface area contributed by atoms with Gasteiger partial charge in [-0.3, -0.25) is 0 Å². The minimum atomic E-state index is 0.679. The largest absolute Gasteiger partial charge is 0.441 e. The highest BCUT2D eigenvalue weighted by Crippen LogP contribution is 2.31. The van der Waals surface area contributed by atoms with Crippen LogP contribution in [-0.4, -0.2) is 18.1 Å². The highest BCUT2D eigenvalue weighted by molar-refractivity contribution is 9.10. The second-order valence-corrected chi connectivity index (χ2v) is 6.73. The molecule has 1 aromatic carbocycles. The predicted octanol–water partition coefficient (Wildman–Crippen LogP) is 4.94. The van der Waals surface area contributed by atoms with Gasteiger partial charge in [0.1, 0.15) is 0 Å². The summed E-state index contributed by atoms with van der Waals surface area (Å²) in [4.78, 5) is 4.34. The van der Waals surface area contributed by atoms with Crippen molar-refractivity contribution in [1.82, 2.24) is 10.3 Å². The Balaban J connectivity index is 1.91. The van der Waals surface area contributed by atoms with Gasteiger partial charge in [0, 0.05) is 21.5 Å². The van der Waals surface area contributed by atoms with Crippen LogP contribution in [0.2, 0.25) is 5.02 Å². The van der Waals surface area contributed by atoms with E-state index in [4.69, 9.17) is 16.0 Å². The fourth-order valence-electron chi connectivity index (χ4n) is 1.99. The first-order valence-corrected chi connectivity index (χ1v) is 8.34. The van der Waals surface area contributed by atoms with Crippen LogP contribution in [0.3, 0.4) is 0 Å². The number of nitrogens with one attached hydrogen (secondary N) is 1. The third-order valence-electron chi connectivity index (χ3n) is 3.04. The molecule has 3 nitrogen and oxygen atoms in total. The fourth-order valence-corrected chi connectivity index (χ4v) is 2.61. The van der Waals surface area contributed by atoms with Crippen LogP contribution in [0.25, 0.3) is 11.3 Å². The lowest BCUT2D eigenvalue weighted by Crippen LogP contribution is -2.21. The molecule has 0 radical (unpaired) electrons. The van der Waals surface area contributed by atoms with Gasteiger partial charge < -0.3 is 9.73 Å². The summed E-state index contributed by atoms with van der Waals surface area (Å²) >= 11 is 9.53. The lowest BCUT2D eigenvalue weighted by molar-refractivity contribution is 0.483. The van der Waals surface area contributed by atoms with Crippen LogP contribution in [0.1, 0.15) is 26.2 Å². The maximum Gasteiger partial charge on any atom is 0.194 e. The number of aryl methyl sites for hydroxylation is 1. The van der Waals surface area contributed by atoms with Crippen LogP contribution in [0.4, 0.5) is 0 Å². The average molecular weight is 372 g/mol. The van der Waals surface area contributed by atoms with Crippen LogP contribution in [-0.2, 0) is 6.42 Å². The molecule has 5 heteroatoms. The van der Waals surface area contributed by atoms with Crippen molar-refractivity contribution < 1.29 is 4.42 Å². The first kappa shape index (κ1) is 16.5. The lowest BCUT2D eigenvalue weighted by Gasteiger charge is -2.05. The first-order chi connectivity index (χ1) is 10.1. The second kappa shape index (κ2) is 7.97. The SMILES string of the molecule is CC(C)CNCCCc1ncc(-c2cc(Cl)ccc2Br)o1. The smallest absolute Gasteiger partial charge is 0.194 e. The molecule has 0 saturated carbocycles. The van der Waals surface area contributed by atoms with Gasteiger partial charge in [0.25, 0.3) is 0 Å². The van der Waals surface area contributed by atoms with Gasteiger partial charge in [-0.05, 0) is 43.6 Å². The van der Waals surface area contributed by atoms with E-state index in [1.807, 2.05) is 18.2 Å². The quantitative estimate of drug-likeness (QED) is 0.701. The van der Waals surface area contributed by atoms with E-state index in [0.29, 0.717) is 10.9 Å². The number of benzene rings is 1. The molecule has 1 N–H and O–H groups in total. The van der Waals surface area contributed by atoms with E-state index in [1.54, 1.807) is 6.20 Å². The number of halogens is 2. The van der Waals surface area contributed by atoms with E-state index >= 15 is 0 Å². The summed E-state index contributed by atoms with van der Waals surface area (Å²) in [7, 11) is 0. The molecule has 0 aliphatic rings. The van der Waals surface area contributed by atoms with Crippen LogP contribution in [0, 0.1) is 5.92 Å². The van der Waals surface area contributed by atoms with E-state index < -0.39 is 0 Å². The molecule has 0 unspecified atom stereocenters. The van der Waals surface area contributed by atoms with Gasteiger partial charge in [0.2, 0.25) is 0 Å². The molecule has 1 aromatic heterocycles. The summed E-state index contributed by atoms with van der Waals surface area (Å²) < 4.78 is 6.76. The zero-order chi connectivity index (χ0) is 15.2. The minimum absolute atomic E-state index is 0.679. The fraction of sp³-hybridized carbons (Fsp3) is 0.438. The van der Waals surface area contributed by atoms with Gasteiger partial charge in [0.15, 0.2) is 11.7 Å². The van der Waals surface area contributed by atoms with Crippen LogP contribution >= 0.6 is 27.5 Å². The Labute approximate surface area is 139 Å². The van der Waals surface area contributed by atoms with E-state index in [1.165, 1.54) is 0 Å². The molecule has 21 heavy (non-hydrogen) atoms. The zero-order valence-corrected chi connectivity index (χ0v) is 14.7. The van der Waals surface area contributed by atoms with E-state index in [2.05, 4.69) is 40.1 Å². The zero-order valence-electron chi connectivity index (χ0n) is 12.3. The summed E-state index contributed by atoms with van der Waals surface area (Å²) in [6.07, 6.45) is 3.61. The van der Waals surface area contributed by atoms with E-state index in [9.17, 15) is 0 Å². The van der Waals surface area contributed by atoms with Crippen molar-refractivity contribution in [2.24, 2.45) is 5.92 Å². The van der Waals surface area contributed by atoms with Crippen molar-refractivity contribution in [3.63, 3.8) is 0 Å². The van der Waals surface area contributed by atoms with Gasteiger partial charge in [-0.15, -0.1) is 0 Å². The number of nitrogens with zero attached hydrogens (tertiary/aromatic N) is 1. The monoisotopic (exact) mass is 370 g/mol. The van der Waals surface area contributed by atoms with E-state index in [-0.39, 0.29) is 0 Å². The second-order valence-electron chi connectivity index (χ2n) is 5.44.